The van der Waals surface area contributed by atoms with Crippen LogP contribution < -0.4 is 0 Å². The van der Waals surface area contributed by atoms with Gasteiger partial charge in [-0.15, -0.1) is 11.3 Å². The van der Waals surface area contributed by atoms with Crippen molar-refractivity contribution in [1.82, 2.24) is 9.97 Å². The van der Waals surface area contributed by atoms with Gasteiger partial charge in [0.05, 0.1) is 5.52 Å². The molecule has 0 aromatic carbocycles. The van der Waals surface area contributed by atoms with E-state index < -0.39 is 5.97 Å². The minimum absolute atomic E-state index is 0.377. The third kappa shape index (κ3) is 1.71. The Morgan fingerprint density at radius 2 is 2.25 bits per heavy atom. The molecule has 4 nitrogen and oxygen atoms in total. The molecule has 0 amide bonds. The Bertz CT molecular complexity index is 527. The second kappa shape index (κ2) is 4.25. The fraction of sp³-hybridized carbons (Fsp3) is 0.455. The van der Waals surface area contributed by atoms with E-state index in [2.05, 4.69) is 16.9 Å². The normalized spacial score (nSPS) is 11.1. The van der Waals surface area contributed by atoms with Gasteiger partial charge in [0.15, 0.2) is 0 Å². The molecule has 0 spiro atoms. The number of carbonyl (C=O) groups is 1. The van der Waals surface area contributed by atoms with E-state index in [1.54, 1.807) is 0 Å². The molecule has 86 valence electrons. The largest absolute Gasteiger partial charge is 0.477 e. The van der Waals surface area contributed by atoms with E-state index in [1.165, 1.54) is 11.3 Å². The molecule has 2 heterocycles. The standard InChI is InChI=1S/C11H14N2O2S/c1-3-5-7-12-8-6(4-2)16-10(11(14)15)9(8)13-7/h3-5H2,1-2H3,(H,12,13)(H,14,15). The van der Waals surface area contributed by atoms with E-state index in [4.69, 9.17) is 5.11 Å². The van der Waals surface area contributed by atoms with Crippen LogP contribution in [0.5, 0.6) is 0 Å². The van der Waals surface area contributed by atoms with Crippen LogP contribution in [0.1, 0.15) is 40.6 Å². The lowest BCUT2D eigenvalue weighted by atomic mass is 10.3. The number of hydrogen-bond acceptors (Lipinski definition) is 3. The van der Waals surface area contributed by atoms with Crippen LogP contribution in [0.15, 0.2) is 0 Å². The summed E-state index contributed by atoms with van der Waals surface area (Å²) >= 11 is 1.32. The molecular weight excluding hydrogens is 224 g/mol. The summed E-state index contributed by atoms with van der Waals surface area (Å²) in [7, 11) is 0. The zero-order chi connectivity index (χ0) is 11.7. The Hall–Kier alpha value is -1.36. The first-order valence-corrected chi connectivity index (χ1v) is 6.22. The number of nitrogens with one attached hydrogen (secondary N) is 1. The third-order valence-corrected chi connectivity index (χ3v) is 3.78. The number of imidazole rings is 1. The Balaban J connectivity index is 2.60. The lowest BCUT2D eigenvalue weighted by Gasteiger charge is -1.91. The van der Waals surface area contributed by atoms with Crippen molar-refractivity contribution in [2.75, 3.05) is 0 Å². The first-order valence-electron chi connectivity index (χ1n) is 5.40. The quantitative estimate of drug-likeness (QED) is 0.860. The summed E-state index contributed by atoms with van der Waals surface area (Å²) in [6.07, 6.45) is 2.69. The molecular formula is C11H14N2O2S. The first-order chi connectivity index (χ1) is 7.67. The molecule has 2 rings (SSSR count). The van der Waals surface area contributed by atoms with Gasteiger partial charge in [0.25, 0.3) is 0 Å². The van der Waals surface area contributed by atoms with Gasteiger partial charge in [0, 0.05) is 11.3 Å². The van der Waals surface area contributed by atoms with Crippen molar-refractivity contribution >= 4 is 28.3 Å². The van der Waals surface area contributed by atoms with Crippen LogP contribution in [0, 0.1) is 0 Å². The molecule has 0 fully saturated rings. The highest BCUT2D eigenvalue weighted by molar-refractivity contribution is 7.15. The summed E-state index contributed by atoms with van der Waals surface area (Å²) in [5.74, 6) is 0.0129. The number of fused-ring (bicyclic) bond motifs is 1. The summed E-state index contributed by atoms with van der Waals surface area (Å²) in [6, 6.07) is 0. The molecule has 0 atom stereocenters. The van der Waals surface area contributed by atoms with Gasteiger partial charge in [0.2, 0.25) is 0 Å². The molecule has 5 heteroatoms. The molecule has 0 radical (unpaired) electrons. The topological polar surface area (TPSA) is 66.0 Å². The van der Waals surface area contributed by atoms with Crippen LogP contribution in [0.3, 0.4) is 0 Å². The Labute approximate surface area is 97.3 Å². The maximum absolute atomic E-state index is 11.1. The Morgan fingerprint density at radius 3 is 2.81 bits per heavy atom. The lowest BCUT2D eigenvalue weighted by Crippen LogP contribution is -1.93. The number of H-pyrrole nitrogens is 1. The van der Waals surface area contributed by atoms with Crippen LogP contribution in [-0.2, 0) is 12.8 Å². The smallest absolute Gasteiger partial charge is 0.348 e. The maximum Gasteiger partial charge on any atom is 0.348 e. The predicted octanol–water partition coefficient (Wildman–Crippen LogP) is 2.84. The molecule has 2 aromatic rings. The van der Waals surface area contributed by atoms with Crippen LogP contribution in [0.2, 0.25) is 0 Å². The SMILES string of the molecule is CCCc1nc2c(CC)sc(C(=O)O)c2[nH]1. The van der Waals surface area contributed by atoms with Crippen LogP contribution in [0.25, 0.3) is 11.0 Å². The van der Waals surface area contributed by atoms with E-state index in [-0.39, 0.29) is 0 Å². The fourth-order valence-corrected chi connectivity index (χ4v) is 2.73. The number of nitrogens with zero attached hydrogens (tertiary/aromatic N) is 1. The molecule has 2 aromatic heterocycles. The third-order valence-electron chi connectivity index (χ3n) is 2.47. The Morgan fingerprint density at radius 1 is 1.50 bits per heavy atom. The molecule has 0 saturated carbocycles. The van der Waals surface area contributed by atoms with Crippen molar-refractivity contribution in [1.29, 1.82) is 0 Å². The highest BCUT2D eigenvalue weighted by Crippen LogP contribution is 2.30. The molecule has 0 aliphatic carbocycles. The minimum Gasteiger partial charge on any atom is -0.477 e. The number of thiophene rings is 1. The van der Waals surface area contributed by atoms with E-state index in [9.17, 15) is 4.79 Å². The molecule has 0 unspecified atom stereocenters. The average molecular weight is 238 g/mol. The predicted molar refractivity (Wildman–Crippen MR) is 64.3 cm³/mol. The van der Waals surface area contributed by atoms with E-state index >= 15 is 0 Å². The number of hydrogen-bond donors (Lipinski definition) is 2. The number of aromatic amines is 1. The first kappa shape index (κ1) is 11.1. The van der Waals surface area contributed by atoms with Crippen molar-refractivity contribution in [3.05, 3.63) is 15.6 Å². The van der Waals surface area contributed by atoms with Crippen molar-refractivity contribution < 1.29 is 9.90 Å². The van der Waals surface area contributed by atoms with Crippen LogP contribution >= 0.6 is 11.3 Å². The zero-order valence-corrected chi connectivity index (χ0v) is 10.1. The summed E-state index contributed by atoms with van der Waals surface area (Å²) in [5, 5.41) is 9.09. The van der Waals surface area contributed by atoms with Gasteiger partial charge < -0.3 is 10.1 Å². The second-order valence-corrected chi connectivity index (χ2v) is 4.78. The summed E-state index contributed by atoms with van der Waals surface area (Å²) < 4.78 is 0. The van der Waals surface area contributed by atoms with Crippen molar-refractivity contribution in [2.24, 2.45) is 0 Å². The summed E-state index contributed by atoms with van der Waals surface area (Å²) in [6.45, 7) is 4.10. The fourth-order valence-electron chi connectivity index (χ4n) is 1.76. The van der Waals surface area contributed by atoms with Crippen molar-refractivity contribution in [3.8, 4) is 0 Å². The van der Waals surface area contributed by atoms with Crippen LogP contribution in [-0.4, -0.2) is 21.0 Å². The second-order valence-electron chi connectivity index (χ2n) is 3.67. The van der Waals surface area contributed by atoms with E-state index in [0.717, 1.165) is 35.5 Å². The molecule has 0 aliphatic rings. The number of carboxylic acids is 1. The van der Waals surface area contributed by atoms with Gasteiger partial charge in [-0.3, -0.25) is 0 Å². The molecule has 2 N–H and O–H groups in total. The number of rotatable bonds is 4. The molecule has 16 heavy (non-hydrogen) atoms. The van der Waals surface area contributed by atoms with Gasteiger partial charge in [0.1, 0.15) is 16.2 Å². The summed E-state index contributed by atoms with van der Waals surface area (Å²) in [5.41, 5.74) is 1.53. The van der Waals surface area contributed by atoms with Gasteiger partial charge >= 0.3 is 5.97 Å². The minimum atomic E-state index is -0.874. The van der Waals surface area contributed by atoms with Crippen LogP contribution in [0.4, 0.5) is 0 Å². The molecule has 0 aliphatic heterocycles. The van der Waals surface area contributed by atoms with Gasteiger partial charge in [-0.2, -0.15) is 0 Å². The summed E-state index contributed by atoms with van der Waals surface area (Å²) in [4.78, 5) is 20.1. The van der Waals surface area contributed by atoms with Gasteiger partial charge in [-0.25, -0.2) is 9.78 Å². The number of aromatic carboxylic acids is 1. The number of aromatic nitrogens is 2. The van der Waals surface area contributed by atoms with Crippen molar-refractivity contribution in [3.63, 3.8) is 0 Å². The van der Waals surface area contributed by atoms with E-state index in [0.29, 0.717) is 10.4 Å². The molecule has 0 bridgehead atoms. The number of aryl methyl sites for hydroxylation is 2. The highest BCUT2D eigenvalue weighted by atomic mass is 32.1. The van der Waals surface area contributed by atoms with Crippen molar-refractivity contribution in [2.45, 2.75) is 33.1 Å². The average Bonchev–Trinajstić information content (AvgIpc) is 2.75. The Kier molecular flexibility index (Phi) is 2.96. The maximum atomic E-state index is 11.1. The monoisotopic (exact) mass is 238 g/mol. The van der Waals surface area contributed by atoms with E-state index in [1.807, 2.05) is 6.92 Å². The molecule has 0 saturated heterocycles. The van der Waals surface area contributed by atoms with Gasteiger partial charge in [-0.05, 0) is 12.8 Å². The lowest BCUT2D eigenvalue weighted by molar-refractivity contribution is 0.0704. The van der Waals surface area contributed by atoms with Gasteiger partial charge in [-0.1, -0.05) is 13.8 Å². The number of carboxylic acid groups (broad SMARTS) is 1. The highest BCUT2D eigenvalue weighted by Gasteiger charge is 2.19. The zero-order valence-electron chi connectivity index (χ0n) is 9.33.